The predicted molar refractivity (Wildman–Crippen MR) is 124 cm³/mol. The summed E-state index contributed by atoms with van der Waals surface area (Å²) in [5.74, 6) is 0.592. The maximum absolute atomic E-state index is 12.8. The molecule has 1 fully saturated rings. The fourth-order valence-corrected chi connectivity index (χ4v) is 4.51. The highest BCUT2D eigenvalue weighted by molar-refractivity contribution is 5.75. The van der Waals surface area contributed by atoms with Crippen molar-refractivity contribution in [1.82, 2.24) is 4.90 Å². The molecule has 2 aliphatic rings. The Morgan fingerprint density at radius 2 is 1.94 bits per heavy atom. The molecule has 0 spiro atoms. The summed E-state index contributed by atoms with van der Waals surface area (Å²) in [5, 5.41) is 9.53. The topological polar surface area (TPSA) is 62.6 Å². The third-order valence-corrected chi connectivity index (χ3v) is 5.95. The van der Waals surface area contributed by atoms with Gasteiger partial charge in [0.1, 0.15) is 24.0 Å². The molecule has 4 rings (SSSR count). The maximum atomic E-state index is 12.8. The number of rotatable bonds is 4. The van der Waals surface area contributed by atoms with Crippen LogP contribution in [0, 0.1) is 11.3 Å². The zero-order valence-electron chi connectivity index (χ0n) is 19.0. The van der Waals surface area contributed by atoms with Crippen LogP contribution in [-0.4, -0.2) is 28.7 Å². The van der Waals surface area contributed by atoms with Crippen LogP contribution in [0.15, 0.2) is 54.6 Å². The number of ether oxygens (including phenoxy) is 2. The molecule has 1 saturated heterocycles. The van der Waals surface area contributed by atoms with Crippen molar-refractivity contribution in [1.29, 1.82) is 5.26 Å². The van der Waals surface area contributed by atoms with E-state index in [2.05, 4.69) is 12.1 Å². The molecule has 1 amide bonds. The summed E-state index contributed by atoms with van der Waals surface area (Å²) in [5.41, 5.74) is 3.33. The van der Waals surface area contributed by atoms with Crippen LogP contribution in [0.3, 0.4) is 0 Å². The minimum Gasteiger partial charge on any atom is -0.488 e. The molecule has 2 atom stereocenters. The molecule has 2 unspecified atom stereocenters. The van der Waals surface area contributed by atoms with Crippen molar-refractivity contribution >= 4 is 11.7 Å². The average molecular weight is 431 g/mol. The van der Waals surface area contributed by atoms with Crippen molar-refractivity contribution < 1.29 is 14.3 Å². The average Bonchev–Trinajstić information content (AvgIpc) is 2.76. The molecular weight excluding hydrogens is 400 g/mol. The van der Waals surface area contributed by atoms with Crippen molar-refractivity contribution in [2.75, 3.05) is 0 Å². The lowest BCUT2D eigenvalue weighted by molar-refractivity contribution is 0.0000814. The van der Waals surface area contributed by atoms with Crippen molar-refractivity contribution in [2.45, 2.75) is 70.7 Å². The van der Waals surface area contributed by atoms with Crippen molar-refractivity contribution in [2.24, 2.45) is 0 Å². The Morgan fingerprint density at radius 3 is 2.62 bits per heavy atom. The van der Waals surface area contributed by atoms with E-state index in [1.54, 1.807) is 0 Å². The number of benzene rings is 2. The minimum absolute atomic E-state index is 0.0386. The molecule has 0 aliphatic carbocycles. The largest absolute Gasteiger partial charge is 0.488 e. The third-order valence-electron chi connectivity index (χ3n) is 5.95. The first-order valence-corrected chi connectivity index (χ1v) is 11.3. The van der Waals surface area contributed by atoms with Gasteiger partial charge in [-0.3, -0.25) is 4.90 Å². The van der Waals surface area contributed by atoms with Crippen molar-refractivity contribution in [3.8, 4) is 11.8 Å². The fraction of sp³-hybridized carbons (Fsp3) is 0.407. The van der Waals surface area contributed by atoms with Crippen LogP contribution < -0.4 is 4.74 Å². The summed E-state index contributed by atoms with van der Waals surface area (Å²) in [6, 6.07) is 18.1. The highest BCUT2D eigenvalue weighted by Crippen LogP contribution is 2.39. The quantitative estimate of drug-likeness (QED) is 0.589. The molecule has 166 valence electrons. The van der Waals surface area contributed by atoms with Crippen LogP contribution in [0.2, 0.25) is 0 Å². The first-order valence-electron chi connectivity index (χ1n) is 11.3. The van der Waals surface area contributed by atoms with E-state index in [-0.39, 0.29) is 18.2 Å². The monoisotopic (exact) mass is 430 g/mol. The second-order valence-electron chi connectivity index (χ2n) is 9.53. The number of nitriles is 1. The summed E-state index contributed by atoms with van der Waals surface area (Å²) in [6.45, 7) is 6.12. The predicted octanol–water partition coefficient (Wildman–Crippen LogP) is 6.08. The van der Waals surface area contributed by atoms with E-state index < -0.39 is 5.60 Å². The third kappa shape index (κ3) is 4.96. The lowest BCUT2D eigenvalue weighted by Crippen LogP contribution is -2.53. The molecule has 5 nitrogen and oxygen atoms in total. The van der Waals surface area contributed by atoms with Gasteiger partial charge in [-0.2, -0.15) is 5.26 Å². The Kier molecular flexibility index (Phi) is 6.23. The van der Waals surface area contributed by atoms with Crippen LogP contribution >= 0.6 is 0 Å². The number of fused-ring (bicyclic) bond motifs is 2. The van der Waals surface area contributed by atoms with Gasteiger partial charge in [-0.05, 0) is 75.3 Å². The van der Waals surface area contributed by atoms with Gasteiger partial charge in [0.25, 0.3) is 0 Å². The maximum Gasteiger partial charge on any atom is 0.411 e. The van der Waals surface area contributed by atoms with Crippen LogP contribution in [0.25, 0.3) is 5.57 Å². The molecule has 2 aliphatic heterocycles. The van der Waals surface area contributed by atoms with Crippen LogP contribution in [0.1, 0.15) is 63.1 Å². The minimum atomic E-state index is -0.506. The lowest BCUT2D eigenvalue weighted by atomic mass is 9.83. The Balaban J connectivity index is 1.57. The second kappa shape index (κ2) is 9.08. The number of amides is 1. The Bertz CT molecular complexity index is 1050. The van der Waals surface area contributed by atoms with Crippen LogP contribution in [-0.2, 0) is 11.3 Å². The van der Waals surface area contributed by atoms with Gasteiger partial charge in [-0.1, -0.05) is 42.5 Å². The van der Waals surface area contributed by atoms with Gasteiger partial charge >= 0.3 is 6.09 Å². The highest BCUT2D eigenvalue weighted by atomic mass is 16.6. The molecule has 0 aromatic heterocycles. The van der Waals surface area contributed by atoms with E-state index in [9.17, 15) is 10.1 Å². The number of hydrogen-bond donors (Lipinski definition) is 0. The molecule has 0 saturated carbocycles. The number of nitrogens with zero attached hydrogens (tertiary/aromatic N) is 2. The van der Waals surface area contributed by atoms with Crippen molar-refractivity contribution in [3.63, 3.8) is 0 Å². The molecule has 0 N–H and O–H groups in total. The van der Waals surface area contributed by atoms with Crippen molar-refractivity contribution in [3.05, 3.63) is 71.3 Å². The van der Waals surface area contributed by atoms with E-state index in [0.717, 1.165) is 36.8 Å². The molecular formula is C27H30N2O3. The van der Waals surface area contributed by atoms with Crippen LogP contribution in [0.5, 0.6) is 5.75 Å². The number of hydrogen-bond acceptors (Lipinski definition) is 4. The highest BCUT2D eigenvalue weighted by Gasteiger charge is 2.39. The summed E-state index contributed by atoms with van der Waals surface area (Å²) in [7, 11) is 0. The van der Waals surface area contributed by atoms with E-state index in [1.165, 1.54) is 5.57 Å². The Hall–Kier alpha value is -3.26. The number of piperidine rings is 1. The zero-order chi connectivity index (χ0) is 22.7. The van der Waals surface area contributed by atoms with Gasteiger partial charge in [-0.15, -0.1) is 0 Å². The summed E-state index contributed by atoms with van der Waals surface area (Å²) >= 11 is 0. The number of carbonyl (C=O) groups is 1. The molecule has 2 heterocycles. The smallest absolute Gasteiger partial charge is 0.411 e. The molecule has 5 heteroatoms. The molecule has 2 aromatic carbocycles. The first kappa shape index (κ1) is 22.0. The second-order valence-corrected chi connectivity index (χ2v) is 9.53. The van der Waals surface area contributed by atoms with E-state index in [0.29, 0.717) is 17.9 Å². The zero-order valence-corrected chi connectivity index (χ0v) is 19.0. The van der Waals surface area contributed by atoms with E-state index in [1.807, 2.05) is 74.2 Å². The Labute approximate surface area is 190 Å². The van der Waals surface area contributed by atoms with Gasteiger partial charge in [0.15, 0.2) is 0 Å². The summed E-state index contributed by atoms with van der Waals surface area (Å²) < 4.78 is 11.7. The van der Waals surface area contributed by atoms with Gasteiger partial charge in [0.05, 0.1) is 11.6 Å². The van der Waals surface area contributed by atoms with E-state index in [4.69, 9.17) is 9.47 Å². The summed E-state index contributed by atoms with van der Waals surface area (Å²) in [4.78, 5) is 14.8. The van der Waals surface area contributed by atoms with E-state index >= 15 is 0 Å². The first-order chi connectivity index (χ1) is 15.3. The fourth-order valence-electron chi connectivity index (χ4n) is 4.51. The van der Waals surface area contributed by atoms with Crippen LogP contribution in [0.4, 0.5) is 4.79 Å². The van der Waals surface area contributed by atoms with Gasteiger partial charge in [0.2, 0.25) is 0 Å². The SMILES string of the molecule is CC(C)(C)OC(=O)N1C2C=C(c3ccc(C#N)c(OCc4ccccc4)c3)CC1CCC2. The molecule has 32 heavy (non-hydrogen) atoms. The lowest BCUT2D eigenvalue weighted by Gasteiger charge is -2.45. The molecule has 2 bridgehead atoms. The van der Waals surface area contributed by atoms with Gasteiger partial charge in [-0.25, -0.2) is 4.79 Å². The number of carbonyl (C=O) groups excluding carboxylic acids is 1. The standard InChI is InChI=1S/C27H30N2O3/c1-27(2,3)32-26(30)29-23-10-7-11-24(29)15-22(14-23)20-12-13-21(17-28)25(16-20)31-18-19-8-5-4-6-9-19/h4-6,8-9,12-14,16,23-24H,7,10-11,15,18H2,1-3H3. The molecule has 2 aromatic rings. The van der Waals surface area contributed by atoms with Gasteiger partial charge < -0.3 is 9.47 Å². The summed E-state index contributed by atoms with van der Waals surface area (Å²) in [6.07, 6.45) is 5.77. The van der Waals surface area contributed by atoms with Gasteiger partial charge in [0, 0.05) is 6.04 Å². The Morgan fingerprint density at radius 1 is 1.16 bits per heavy atom. The molecule has 0 radical (unpaired) electrons. The normalized spacial score (nSPS) is 20.2.